The molecule has 180 valence electrons. The Labute approximate surface area is 191 Å². The lowest BCUT2D eigenvalue weighted by Gasteiger charge is -2.17. The number of carbonyl (C=O) groups excluding carboxylic acids is 1. The molecule has 1 amide bonds. The lowest BCUT2D eigenvalue weighted by atomic mass is 10.0. The molecule has 4 N–H and O–H groups in total. The van der Waals surface area contributed by atoms with E-state index >= 15 is 0 Å². The third-order valence-electron chi connectivity index (χ3n) is 5.56. The summed E-state index contributed by atoms with van der Waals surface area (Å²) in [6, 6.07) is 2.45. The number of rotatable bonds is 4. The Morgan fingerprint density at radius 2 is 1.91 bits per heavy atom. The fraction of sp³-hybridized carbons (Fsp3) is 0.318. The van der Waals surface area contributed by atoms with Gasteiger partial charge in [-0.15, -0.1) is 0 Å². The third-order valence-corrected chi connectivity index (χ3v) is 5.56. The molecule has 3 unspecified atom stereocenters. The van der Waals surface area contributed by atoms with E-state index in [0.29, 0.717) is 30.7 Å². The van der Waals surface area contributed by atoms with Gasteiger partial charge in [0.15, 0.2) is 0 Å². The summed E-state index contributed by atoms with van der Waals surface area (Å²) in [6.45, 7) is -0.211. The van der Waals surface area contributed by atoms with E-state index < -0.39 is 58.7 Å². The molecule has 1 aliphatic rings. The van der Waals surface area contributed by atoms with Gasteiger partial charge in [0.25, 0.3) is 5.91 Å². The highest BCUT2D eigenvalue weighted by molar-refractivity contribution is 6.03. The van der Waals surface area contributed by atoms with Crippen LogP contribution in [0.25, 0.3) is 11.3 Å². The molecule has 3 aromatic rings. The van der Waals surface area contributed by atoms with Crippen molar-refractivity contribution in [2.45, 2.75) is 31.2 Å². The molecular weight excluding hydrogens is 458 g/mol. The highest BCUT2D eigenvalue weighted by atomic mass is 19.1. The van der Waals surface area contributed by atoms with Gasteiger partial charge in [-0.3, -0.25) is 9.48 Å². The van der Waals surface area contributed by atoms with Crippen molar-refractivity contribution in [2.24, 2.45) is 12.8 Å². The van der Waals surface area contributed by atoms with Gasteiger partial charge >= 0.3 is 0 Å². The molecule has 1 saturated heterocycles. The first-order chi connectivity index (χ1) is 16.2. The number of nitrogens with two attached hydrogens (primary N) is 1. The summed E-state index contributed by atoms with van der Waals surface area (Å²) >= 11 is 0. The maximum Gasteiger partial charge on any atom is 0.274 e. The normalized spacial score (nSPS) is 20.7. The molecule has 2 aromatic heterocycles. The number of pyridine rings is 1. The highest BCUT2D eigenvalue weighted by Crippen LogP contribution is 2.33. The van der Waals surface area contributed by atoms with Crippen LogP contribution in [0.15, 0.2) is 30.5 Å². The second-order valence-electron chi connectivity index (χ2n) is 7.91. The summed E-state index contributed by atoms with van der Waals surface area (Å²) in [5.74, 6) is -5.04. The number of alkyl halides is 1. The van der Waals surface area contributed by atoms with Crippen molar-refractivity contribution in [1.29, 1.82) is 0 Å². The minimum absolute atomic E-state index is 0.211. The predicted octanol–water partition coefficient (Wildman–Crippen LogP) is 3.37. The summed E-state index contributed by atoms with van der Waals surface area (Å²) in [7, 11) is 1.62. The number of carbonyl (C=O) groups is 1. The molecule has 1 aromatic carbocycles. The molecule has 0 spiro atoms. The Kier molecular flexibility index (Phi) is 6.53. The number of aryl methyl sites for hydroxylation is 1. The zero-order valence-corrected chi connectivity index (χ0v) is 17.9. The van der Waals surface area contributed by atoms with Crippen LogP contribution in [0.3, 0.4) is 0 Å². The molecule has 12 heteroatoms. The largest absolute Gasteiger partial charge is 0.508 e. The number of anilines is 1. The quantitative estimate of drug-likeness (QED) is 0.495. The standard InChI is InChI=1S/C22H21F4N5O3/c1-31-21(18-5-3-15(27)14(26)9-34-18)17(8-28-31)30-22(33)16-4-2-11(23)20(29-16)19-12(24)6-10(32)7-13(19)25/h2,4,6-8,14-15,18,32H,3,5,9,27H2,1H3,(H,30,33). The molecular formula is C22H21F4N5O3. The van der Waals surface area contributed by atoms with Crippen LogP contribution < -0.4 is 11.1 Å². The molecule has 4 rings (SSSR count). The maximum absolute atomic E-state index is 14.4. The number of aromatic nitrogens is 3. The van der Waals surface area contributed by atoms with Gasteiger partial charge in [0.05, 0.1) is 29.7 Å². The van der Waals surface area contributed by atoms with Gasteiger partial charge in [-0.05, 0) is 25.0 Å². The SMILES string of the molecule is Cn1ncc(NC(=O)c2ccc(F)c(-c3c(F)cc(O)cc3F)n2)c1C1CCC(N)C(F)CO1. The van der Waals surface area contributed by atoms with E-state index in [9.17, 15) is 27.5 Å². The molecule has 34 heavy (non-hydrogen) atoms. The van der Waals surface area contributed by atoms with E-state index in [4.69, 9.17) is 10.5 Å². The minimum atomic E-state index is -1.32. The van der Waals surface area contributed by atoms with Gasteiger partial charge in [-0.25, -0.2) is 22.5 Å². The second kappa shape index (κ2) is 9.39. The van der Waals surface area contributed by atoms with Crippen LogP contribution in [-0.4, -0.2) is 44.6 Å². The summed E-state index contributed by atoms with van der Waals surface area (Å²) in [4.78, 5) is 16.7. The van der Waals surface area contributed by atoms with Gasteiger partial charge in [-0.1, -0.05) is 0 Å². The van der Waals surface area contributed by atoms with E-state index in [2.05, 4.69) is 15.4 Å². The van der Waals surface area contributed by atoms with Crippen molar-refractivity contribution in [3.63, 3.8) is 0 Å². The Morgan fingerprint density at radius 1 is 1.21 bits per heavy atom. The van der Waals surface area contributed by atoms with Crippen molar-refractivity contribution in [3.8, 4) is 17.0 Å². The average Bonchev–Trinajstić information content (AvgIpc) is 3.04. The number of amides is 1. The van der Waals surface area contributed by atoms with Crippen LogP contribution in [-0.2, 0) is 11.8 Å². The lowest BCUT2D eigenvalue weighted by Crippen LogP contribution is -2.32. The smallest absolute Gasteiger partial charge is 0.274 e. The van der Waals surface area contributed by atoms with Crippen LogP contribution >= 0.6 is 0 Å². The minimum Gasteiger partial charge on any atom is -0.508 e. The van der Waals surface area contributed by atoms with Gasteiger partial charge in [0.1, 0.15) is 46.9 Å². The number of halogens is 4. The molecule has 3 atom stereocenters. The average molecular weight is 479 g/mol. The molecule has 1 aliphatic heterocycles. The zero-order chi connectivity index (χ0) is 24.6. The van der Waals surface area contributed by atoms with E-state index in [1.165, 1.54) is 10.9 Å². The highest BCUT2D eigenvalue weighted by Gasteiger charge is 2.30. The first-order valence-corrected chi connectivity index (χ1v) is 10.3. The number of nitrogens with one attached hydrogen (secondary N) is 1. The van der Waals surface area contributed by atoms with Crippen LogP contribution in [0.2, 0.25) is 0 Å². The second-order valence-corrected chi connectivity index (χ2v) is 7.91. The van der Waals surface area contributed by atoms with Crippen molar-refractivity contribution in [3.05, 3.63) is 59.3 Å². The van der Waals surface area contributed by atoms with Crippen molar-refractivity contribution < 1.29 is 32.2 Å². The maximum atomic E-state index is 14.4. The lowest BCUT2D eigenvalue weighted by molar-refractivity contribution is 0.0247. The van der Waals surface area contributed by atoms with E-state index in [1.54, 1.807) is 7.05 Å². The molecule has 8 nitrogen and oxygen atoms in total. The Balaban J connectivity index is 1.62. The molecule has 0 radical (unpaired) electrons. The van der Waals surface area contributed by atoms with Crippen molar-refractivity contribution in [1.82, 2.24) is 14.8 Å². The van der Waals surface area contributed by atoms with Crippen LogP contribution in [0, 0.1) is 17.5 Å². The number of benzene rings is 1. The Hall–Kier alpha value is -3.51. The number of hydrogen-bond donors (Lipinski definition) is 3. The first kappa shape index (κ1) is 23.6. The van der Waals surface area contributed by atoms with E-state index in [1.807, 2.05) is 0 Å². The van der Waals surface area contributed by atoms with Crippen molar-refractivity contribution >= 4 is 11.6 Å². The Bertz CT molecular complexity index is 1200. The van der Waals surface area contributed by atoms with E-state index in [-0.39, 0.29) is 18.0 Å². The predicted molar refractivity (Wildman–Crippen MR) is 113 cm³/mol. The fourth-order valence-electron chi connectivity index (χ4n) is 3.80. The Morgan fingerprint density at radius 3 is 2.62 bits per heavy atom. The number of aromatic hydroxyl groups is 1. The van der Waals surface area contributed by atoms with E-state index in [0.717, 1.165) is 12.1 Å². The van der Waals surface area contributed by atoms with Crippen molar-refractivity contribution in [2.75, 3.05) is 11.9 Å². The number of phenolic OH excluding ortho intramolecular Hbond substituents is 1. The number of hydrogen-bond acceptors (Lipinski definition) is 6. The summed E-state index contributed by atoms with van der Waals surface area (Å²) in [5.41, 5.74) is 4.61. The number of phenols is 1. The van der Waals surface area contributed by atoms with Gasteiger partial charge in [0, 0.05) is 25.2 Å². The summed E-state index contributed by atoms with van der Waals surface area (Å²) in [5, 5.41) is 16.0. The molecule has 0 bridgehead atoms. The topological polar surface area (TPSA) is 115 Å². The summed E-state index contributed by atoms with van der Waals surface area (Å²) < 4.78 is 63.9. The van der Waals surface area contributed by atoms with Crippen LogP contribution in [0.5, 0.6) is 5.75 Å². The molecule has 1 fully saturated rings. The molecule has 0 aliphatic carbocycles. The van der Waals surface area contributed by atoms with Gasteiger partial charge in [0.2, 0.25) is 0 Å². The van der Waals surface area contributed by atoms with Gasteiger partial charge in [-0.2, -0.15) is 5.10 Å². The monoisotopic (exact) mass is 479 g/mol. The number of ether oxygens (including phenoxy) is 1. The van der Waals surface area contributed by atoms with Crippen LogP contribution in [0.4, 0.5) is 23.2 Å². The molecule has 0 saturated carbocycles. The van der Waals surface area contributed by atoms with Crippen LogP contribution in [0.1, 0.15) is 35.1 Å². The van der Waals surface area contributed by atoms with Gasteiger partial charge < -0.3 is 20.9 Å². The third kappa shape index (κ3) is 4.59. The first-order valence-electron chi connectivity index (χ1n) is 10.3. The summed E-state index contributed by atoms with van der Waals surface area (Å²) in [6.07, 6.45) is 0.197. The number of nitrogens with zero attached hydrogens (tertiary/aromatic N) is 3. The fourth-order valence-corrected chi connectivity index (χ4v) is 3.80. The molecule has 3 heterocycles. The zero-order valence-electron chi connectivity index (χ0n) is 17.9.